The third-order valence-corrected chi connectivity index (χ3v) is 2.54. The predicted molar refractivity (Wildman–Crippen MR) is 72.5 cm³/mol. The molecule has 112 valence electrons. The molecule has 4 N–H and O–H groups in total. The molecule has 0 aliphatic carbocycles. The second-order valence-corrected chi connectivity index (χ2v) is 5.92. The third-order valence-electron chi connectivity index (χ3n) is 2.54. The molecule has 0 radical (unpaired) electrons. The van der Waals surface area contributed by atoms with E-state index in [0.717, 1.165) is 0 Å². The average molecular weight is 274 g/mol. The van der Waals surface area contributed by atoms with Crippen molar-refractivity contribution < 1.29 is 19.1 Å². The summed E-state index contributed by atoms with van der Waals surface area (Å²) in [6.07, 6.45) is 0. The molecule has 0 aromatic carbocycles. The average Bonchev–Trinajstić information content (AvgIpc) is 2.24. The van der Waals surface area contributed by atoms with E-state index in [2.05, 4.69) is 0 Å². The maximum absolute atomic E-state index is 11.8. The lowest BCUT2D eigenvalue weighted by Crippen LogP contribution is -2.48. The van der Waals surface area contributed by atoms with Gasteiger partial charge in [-0.05, 0) is 41.5 Å². The van der Waals surface area contributed by atoms with Crippen LogP contribution < -0.4 is 11.5 Å². The van der Waals surface area contributed by atoms with Gasteiger partial charge < -0.3 is 20.9 Å². The third kappa shape index (κ3) is 6.13. The van der Waals surface area contributed by atoms with Gasteiger partial charge in [-0.15, -0.1) is 0 Å². The molecule has 0 aliphatic rings. The van der Waals surface area contributed by atoms with Crippen molar-refractivity contribution in [3.8, 4) is 0 Å². The van der Waals surface area contributed by atoms with Crippen molar-refractivity contribution in [2.75, 3.05) is 6.61 Å². The van der Waals surface area contributed by atoms with Crippen LogP contribution in [-0.2, 0) is 19.1 Å². The van der Waals surface area contributed by atoms with E-state index in [0.29, 0.717) is 0 Å². The lowest BCUT2D eigenvalue weighted by molar-refractivity contribution is -0.172. The molecule has 6 nitrogen and oxygen atoms in total. The first kappa shape index (κ1) is 18.0. The second kappa shape index (κ2) is 6.45. The van der Waals surface area contributed by atoms with Crippen LogP contribution >= 0.6 is 0 Å². The summed E-state index contributed by atoms with van der Waals surface area (Å²) in [5.74, 6) is -0.716. The van der Waals surface area contributed by atoms with Gasteiger partial charge in [-0.3, -0.25) is 9.59 Å². The highest BCUT2D eigenvalue weighted by molar-refractivity contribution is 5.90. The molecule has 0 saturated carbocycles. The Morgan fingerprint density at radius 3 is 1.89 bits per heavy atom. The molecular weight excluding hydrogens is 248 g/mol. The number of carbonyl (C=O) groups is 2. The number of ether oxygens (including phenoxy) is 2. The lowest BCUT2D eigenvalue weighted by Gasteiger charge is -2.32. The zero-order valence-corrected chi connectivity index (χ0v) is 12.6. The second-order valence-electron chi connectivity index (χ2n) is 5.92. The quantitative estimate of drug-likeness (QED) is 0.650. The molecule has 0 spiro atoms. The van der Waals surface area contributed by atoms with Gasteiger partial charge in [0.2, 0.25) is 0 Å². The molecule has 0 amide bonds. The molecule has 0 fully saturated rings. The molecule has 19 heavy (non-hydrogen) atoms. The maximum Gasteiger partial charge on any atom is 0.323 e. The normalized spacial score (nSPS) is 15.8. The van der Waals surface area contributed by atoms with Crippen molar-refractivity contribution in [1.29, 1.82) is 0 Å². The van der Waals surface area contributed by atoms with E-state index < -0.39 is 29.3 Å². The van der Waals surface area contributed by atoms with Gasteiger partial charge in [0.15, 0.2) is 5.78 Å². The van der Waals surface area contributed by atoms with Gasteiger partial charge in [0, 0.05) is 0 Å². The smallest absolute Gasteiger partial charge is 0.323 e. The van der Waals surface area contributed by atoms with Gasteiger partial charge in [0.25, 0.3) is 0 Å². The number of ketones is 1. The molecule has 0 aromatic rings. The monoisotopic (exact) mass is 274 g/mol. The molecule has 6 heteroatoms. The molecular formula is C13H26N2O4. The van der Waals surface area contributed by atoms with Crippen LogP contribution in [0.3, 0.4) is 0 Å². The number of nitrogens with two attached hydrogens (primary N) is 2. The van der Waals surface area contributed by atoms with E-state index >= 15 is 0 Å². The summed E-state index contributed by atoms with van der Waals surface area (Å²) in [5.41, 5.74) is 9.09. The number of esters is 1. The molecule has 2 unspecified atom stereocenters. The van der Waals surface area contributed by atoms with E-state index in [1.165, 1.54) is 0 Å². The molecule has 2 atom stereocenters. The summed E-state index contributed by atoms with van der Waals surface area (Å²) in [4.78, 5) is 23.3. The Balaban J connectivity index is 4.53. The molecule has 0 aliphatic heterocycles. The van der Waals surface area contributed by atoms with Gasteiger partial charge in [0.1, 0.15) is 17.2 Å². The number of rotatable bonds is 7. The first-order valence-electron chi connectivity index (χ1n) is 6.31. The van der Waals surface area contributed by atoms with Crippen LogP contribution in [0.15, 0.2) is 0 Å². The van der Waals surface area contributed by atoms with Gasteiger partial charge in [-0.1, -0.05) is 0 Å². The highest BCUT2D eigenvalue weighted by Crippen LogP contribution is 2.18. The van der Waals surface area contributed by atoms with Gasteiger partial charge in [-0.2, -0.15) is 0 Å². The van der Waals surface area contributed by atoms with Crippen molar-refractivity contribution in [1.82, 2.24) is 0 Å². The van der Waals surface area contributed by atoms with Crippen LogP contribution in [0.1, 0.15) is 41.5 Å². The van der Waals surface area contributed by atoms with Crippen molar-refractivity contribution in [2.45, 2.75) is 64.8 Å². The fourth-order valence-electron chi connectivity index (χ4n) is 1.37. The lowest BCUT2D eigenvalue weighted by atomic mass is 9.98. The van der Waals surface area contributed by atoms with Crippen molar-refractivity contribution >= 4 is 11.8 Å². The van der Waals surface area contributed by atoms with Crippen LogP contribution in [0.2, 0.25) is 0 Å². The standard InChI is InChI=1S/C13H26N2O4/c1-8(14)10(16)13(5,6)18-7-12(3,4)19-11(17)9(2)15/h8-9H,7,14-15H2,1-6H3. The fourth-order valence-corrected chi connectivity index (χ4v) is 1.37. The largest absolute Gasteiger partial charge is 0.456 e. The molecule has 0 saturated heterocycles. The molecule has 0 aromatic heterocycles. The van der Waals surface area contributed by atoms with E-state index in [-0.39, 0.29) is 12.4 Å². The Bertz CT molecular complexity index is 336. The summed E-state index contributed by atoms with van der Waals surface area (Å²) in [7, 11) is 0. The van der Waals surface area contributed by atoms with Crippen molar-refractivity contribution in [3.63, 3.8) is 0 Å². The number of carbonyl (C=O) groups excluding carboxylic acids is 2. The first-order chi connectivity index (χ1) is 8.39. The summed E-state index contributed by atoms with van der Waals surface area (Å²) in [6.45, 7) is 9.90. The summed E-state index contributed by atoms with van der Waals surface area (Å²) in [5, 5.41) is 0. The highest BCUT2D eigenvalue weighted by atomic mass is 16.6. The maximum atomic E-state index is 11.8. The van der Waals surface area contributed by atoms with Crippen LogP contribution in [-0.4, -0.2) is 41.6 Å². The van der Waals surface area contributed by atoms with E-state index in [9.17, 15) is 9.59 Å². The summed E-state index contributed by atoms with van der Waals surface area (Å²) in [6, 6.07) is -1.30. The number of Topliss-reactive ketones (excluding diaryl/α,β-unsaturated/α-hetero) is 1. The Morgan fingerprint density at radius 1 is 1.05 bits per heavy atom. The van der Waals surface area contributed by atoms with Crippen molar-refractivity contribution in [3.05, 3.63) is 0 Å². The van der Waals surface area contributed by atoms with E-state index in [1.807, 2.05) is 0 Å². The Labute approximate surface area is 114 Å². The fraction of sp³-hybridized carbons (Fsp3) is 0.846. The topological polar surface area (TPSA) is 105 Å². The molecule has 0 heterocycles. The zero-order chi connectivity index (χ0) is 15.4. The van der Waals surface area contributed by atoms with Crippen molar-refractivity contribution in [2.24, 2.45) is 11.5 Å². The van der Waals surface area contributed by atoms with Crippen LogP contribution in [0.4, 0.5) is 0 Å². The number of hydrogen-bond donors (Lipinski definition) is 2. The zero-order valence-electron chi connectivity index (χ0n) is 12.6. The van der Waals surface area contributed by atoms with Gasteiger partial charge in [0.05, 0.1) is 12.6 Å². The highest BCUT2D eigenvalue weighted by Gasteiger charge is 2.34. The minimum absolute atomic E-state index is 0.0803. The van der Waals surface area contributed by atoms with Crippen LogP contribution in [0.25, 0.3) is 0 Å². The van der Waals surface area contributed by atoms with Crippen LogP contribution in [0, 0.1) is 0 Å². The SMILES string of the molecule is CC(N)C(=O)OC(C)(C)COC(C)(C)C(=O)C(C)N. The van der Waals surface area contributed by atoms with E-state index in [4.69, 9.17) is 20.9 Å². The Kier molecular flexibility index (Phi) is 6.12. The van der Waals surface area contributed by atoms with Gasteiger partial charge >= 0.3 is 5.97 Å². The molecule has 0 bridgehead atoms. The van der Waals surface area contributed by atoms with Gasteiger partial charge in [-0.25, -0.2) is 0 Å². The Hall–Kier alpha value is -0.980. The molecule has 0 rings (SSSR count). The Morgan fingerprint density at radius 2 is 1.53 bits per heavy atom. The summed E-state index contributed by atoms with van der Waals surface area (Å²) >= 11 is 0. The predicted octanol–water partition coefficient (Wildman–Crippen LogP) is 0.367. The van der Waals surface area contributed by atoms with Crippen LogP contribution in [0.5, 0.6) is 0 Å². The van der Waals surface area contributed by atoms with E-state index in [1.54, 1.807) is 41.5 Å². The first-order valence-corrected chi connectivity index (χ1v) is 6.31. The minimum Gasteiger partial charge on any atom is -0.456 e. The summed E-state index contributed by atoms with van der Waals surface area (Å²) < 4.78 is 10.8. The minimum atomic E-state index is -1.02. The number of hydrogen-bond acceptors (Lipinski definition) is 6.